The highest BCUT2D eigenvalue weighted by molar-refractivity contribution is 7.98. The molecule has 0 N–H and O–H groups in total. The van der Waals surface area contributed by atoms with Crippen LogP contribution in [0.4, 0.5) is 0 Å². The van der Waals surface area contributed by atoms with Crippen LogP contribution in [0.1, 0.15) is 30.6 Å². The van der Waals surface area contributed by atoms with E-state index in [0.29, 0.717) is 11.5 Å². The minimum absolute atomic E-state index is 0.144. The highest BCUT2D eigenvalue weighted by Gasteiger charge is 2.17. The monoisotopic (exact) mass is 307 g/mol. The first-order valence-electron chi connectivity index (χ1n) is 6.60. The van der Waals surface area contributed by atoms with Crippen molar-refractivity contribution < 1.29 is 0 Å². The van der Waals surface area contributed by atoms with Gasteiger partial charge in [-0.15, -0.1) is 11.6 Å². The van der Waals surface area contributed by atoms with Crippen LogP contribution < -0.4 is 0 Å². The Morgan fingerprint density at radius 3 is 2.80 bits per heavy atom. The number of hydrogen-bond donors (Lipinski definition) is 0. The molecule has 3 nitrogen and oxygen atoms in total. The lowest BCUT2D eigenvalue weighted by molar-refractivity contribution is 0.524. The number of hydrogen-bond acceptors (Lipinski definition) is 3. The second-order valence-corrected chi connectivity index (χ2v) is 6.64. The van der Waals surface area contributed by atoms with Crippen LogP contribution in [-0.2, 0) is 6.54 Å². The standard InChI is InChI=1S/C15H18ClN3S/c1-10(9-20-3)8-19-14-6-12(7-17)4-5-13(14)18-15(19)11(2)16/h4-6,10-11H,8-9H2,1-3H3. The van der Waals surface area contributed by atoms with Crippen molar-refractivity contribution in [3.05, 3.63) is 29.6 Å². The Morgan fingerprint density at radius 1 is 1.45 bits per heavy atom. The van der Waals surface area contributed by atoms with Crippen LogP contribution >= 0.6 is 23.4 Å². The maximum atomic E-state index is 9.06. The number of aromatic nitrogens is 2. The predicted molar refractivity (Wildman–Crippen MR) is 86.3 cm³/mol. The maximum Gasteiger partial charge on any atom is 0.127 e. The van der Waals surface area contributed by atoms with Gasteiger partial charge in [0.1, 0.15) is 5.82 Å². The van der Waals surface area contributed by atoms with Gasteiger partial charge in [0, 0.05) is 6.54 Å². The van der Waals surface area contributed by atoms with Gasteiger partial charge in [-0.1, -0.05) is 6.92 Å². The molecule has 0 amide bonds. The Kier molecular flexibility index (Phi) is 4.95. The third kappa shape index (κ3) is 3.11. The largest absolute Gasteiger partial charge is 0.326 e. The van der Waals surface area contributed by atoms with Crippen molar-refractivity contribution in [3.63, 3.8) is 0 Å². The van der Waals surface area contributed by atoms with E-state index in [1.54, 1.807) is 6.07 Å². The van der Waals surface area contributed by atoms with Gasteiger partial charge in [-0.3, -0.25) is 0 Å². The normalized spacial score (nSPS) is 14.2. The highest BCUT2D eigenvalue weighted by Crippen LogP contribution is 2.26. The van der Waals surface area contributed by atoms with Gasteiger partial charge in [0.05, 0.1) is 28.0 Å². The Morgan fingerprint density at radius 2 is 2.20 bits per heavy atom. The molecular weight excluding hydrogens is 290 g/mol. The van der Waals surface area contributed by atoms with Crippen LogP contribution in [0.15, 0.2) is 18.2 Å². The SMILES string of the molecule is CSCC(C)Cn1c(C(C)Cl)nc2ccc(C#N)cc21. The van der Waals surface area contributed by atoms with Crippen LogP contribution in [0.25, 0.3) is 11.0 Å². The molecule has 0 spiro atoms. The summed E-state index contributed by atoms with van der Waals surface area (Å²) < 4.78 is 2.16. The van der Waals surface area contributed by atoms with E-state index < -0.39 is 0 Å². The zero-order chi connectivity index (χ0) is 14.7. The van der Waals surface area contributed by atoms with Crippen LogP contribution in [-0.4, -0.2) is 21.6 Å². The van der Waals surface area contributed by atoms with E-state index in [-0.39, 0.29) is 5.38 Å². The van der Waals surface area contributed by atoms with Crippen molar-refractivity contribution in [2.24, 2.45) is 5.92 Å². The van der Waals surface area contributed by atoms with E-state index in [1.807, 2.05) is 30.8 Å². The zero-order valence-electron chi connectivity index (χ0n) is 11.9. The van der Waals surface area contributed by atoms with Crippen molar-refractivity contribution in [2.75, 3.05) is 12.0 Å². The van der Waals surface area contributed by atoms with Gasteiger partial charge in [-0.25, -0.2) is 4.98 Å². The molecule has 0 fully saturated rings. The van der Waals surface area contributed by atoms with Crippen molar-refractivity contribution in [2.45, 2.75) is 25.8 Å². The second kappa shape index (κ2) is 6.51. The van der Waals surface area contributed by atoms with Gasteiger partial charge < -0.3 is 4.57 Å². The number of benzene rings is 1. The molecule has 2 rings (SSSR count). The number of halogens is 1. The summed E-state index contributed by atoms with van der Waals surface area (Å²) in [5.41, 5.74) is 2.56. The molecule has 0 saturated carbocycles. The molecule has 0 bridgehead atoms. The van der Waals surface area contributed by atoms with Crippen molar-refractivity contribution in [1.29, 1.82) is 5.26 Å². The van der Waals surface area contributed by atoms with Crippen LogP contribution in [0.5, 0.6) is 0 Å². The smallest absolute Gasteiger partial charge is 0.127 e. The molecule has 2 aromatic rings. The lowest BCUT2D eigenvalue weighted by Gasteiger charge is -2.15. The number of nitrogens with zero attached hydrogens (tertiary/aromatic N) is 3. The Hall–Kier alpha value is -1.18. The van der Waals surface area contributed by atoms with E-state index in [0.717, 1.165) is 29.2 Å². The molecule has 2 unspecified atom stereocenters. The molecule has 20 heavy (non-hydrogen) atoms. The maximum absolute atomic E-state index is 9.06. The second-order valence-electron chi connectivity index (χ2n) is 5.07. The van der Waals surface area contributed by atoms with Crippen LogP contribution in [0.3, 0.4) is 0 Å². The number of nitriles is 1. The molecule has 0 aliphatic rings. The van der Waals surface area contributed by atoms with Gasteiger partial charge in [0.15, 0.2) is 0 Å². The van der Waals surface area contributed by atoms with Gasteiger partial charge in [0.25, 0.3) is 0 Å². The predicted octanol–water partition coefficient (Wildman–Crippen LogP) is 4.21. The summed E-state index contributed by atoms with van der Waals surface area (Å²) in [5.74, 6) is 2.50. The van der Waals surface area contributed by atoms with Crippen LogP contribution in [0.2, 0.25) is 0 Å². The first-order chi connectivity index (χ1) is 9.56. The molecule has 0 aliphatic carbocycles. The molecule has 1 heterocycles. The van der Waals surface area contributed by atoms with E-state index in [2.05, 4.69) is 28.8 Å². The first kappa shape index (κ1) is 15.2. The molecule has 2 atom stereocenters. The minimum Gasteiger partial charge on any atom is -0.326 e. The lowest BCUT2D eigenvalue weighted by Crippen LogP contribution is -2.13. The van der Waals surface area contributed by atoms with Crippen LogP contribution in [0, 0.1) is 17.2 Å². The third-order valence-corrected chi connectivity index (χ3v) is 4.31. The van der Waals surface area contributed by atoms with E-state index >= 15 is 0 Å². The highest BCUT2D eigenvalue weighted by atomic mass is 35.5. The summed E-state index contributed by atoms with van der Waals surface area (Å²) in [6.45, 7) is 5.03. The number of alkyl halides is 1. The number of imidazole rings is 1. The van der Waals surface area contributed by atoms with E-state index in [1.165, 1.54) is 0 Å². The molecule has 1 aromatic carbocycles. The average molecular weight is 308 g/mol. The summed E-state index contributed by atoms with van der Waals surface area (Å²) in [5, 5.41) is 8.92. The molecule has 0 radical (unpaired) electrons. The Labute approximate surface area is 128 Å². The van der Waals surface area contributed by atoms with E-state index in [4.69, 9.17) is 16.9 Å². The number of thioether (sulfide) groups is 1. The molecule has 0 saturated heterocycles. The summed E-state index contributed by atoms with van der Waals surface area (Å²) in [6.07, 6.45) is 2.11. The fourth-order valence-electron chi connectivity index (χ4n) is 2.36. The van der Waals surface area contributed by atoms with Gasteiger partial charge in [-0.05, 0) is 43.0 Å². The lowest BCUT2D eigenvalue weighted by atomic mass is 10.2. The molecule has 0 aliphatic heterocycles. The van der Waals surface area contributed by atoms with Crippen molar-refractivity contribution in [3.8, 4) is 6.07 Å². The van der Waals surface area contributed by atoms with E-state index in [9.17, 15) is 0 Å². The molecule has 5 heteroatoms. The quantitative estimate of drug-likeness (QED) is 0.777. The fraction of sp³-hybridized carbons (Fsp3) is 0.467. The Bertz CT molecular complexity index is 642. The van der Waals surface area contributed by atoms with Gasteiger partial charge in [0.2, 0.25) is 0 Å². The Balaban J connectivity index is 2.52. The summed E-state index contributed by atoms with van der Waals surface area (Å²) in [7, 11) is 0. The zero-order valence-corrected chi connectivity index (χ0v) is 13.5. The molecule has 106 valence electrons. The van der Waals surface area contributed by atoms with Crippen molar-refractivity contribution >= 4 is 34.4 Å². The first-order valence-corrected chi connectivity index (χ1v) is 8.43. The third-order valence-electron chi connectivity index (χ3n) is 3.21. The summed E-state index contributed by atoms with van der Waals surface area (Å²) in [4.78, 5) is 4.62. The number of rotatable bonds is 5. The minimum atomic E-state index is -0.144. The van der Waals surface area contributed by atoms with Gasteiger partial charge >= 0.3 is 0 Å². The molecular formula is C15H18ClN3S. The molecule has 1 aromatic heterocycles. The number of fused-ring (bicyclic) bond motifs is 1. The average Bonchev–Trinajstić information content (AvgIpc) is 2.77. The summed E-state index contributed by atoms with van der Waals surface area (Å²) in [6, 6.07) is 7.78. The van der Waals surface area contributed by atoms with Gasteiger partial charge in [-0.2, -0.15) is 17.0 Å². The fourth-order valence-corrected chi connectivity index (χ4v) is 3.20. The van der Waals surface area contributed by atoms with Crippen molar-refractivity contribution in [1.82, 2.24) is 9.55 Å². The topological polar surface area (TPSA) is 41.6 Å². The summed E-state index contributed by atoms with van der Waals surface area (Å²) >= 11 is 8.10.